The van der Waals surface area contributed by atoms with Gasteiger partial charge in [0.1, 0.15) is 6.29 Å². The number of carbonyl (C=O) groups excluding carboxylic acids is 3. The number of hydrogen-bond donors (Lipinski definition) is 1. The first-order valence-electron chi connectivity index (χ1n) is 4.59. The van der Waals surface area contributed by atoms with Crippen LogP contribution in [0.25, 0.3) is 0 Å². The van der Waals surface area contributed by atoms with E-state index in [1.54, 1.807) is 14.1 Å². The molecule has 0 radical (unpaired) electrons. The second-order valence-electron chi connectivity index (χ2n) is 3.22. The van der Waals surface area contributed by atoms with Crippen LogP contribution in [0.15, 0.2) is 0 Å². The Morgan fingerprint density at radius 2 is 1.80 bits per heavy atom. The lowest BCUT2D eigenvalue weighted by Gasteiger charge is -2.20. The van der Waals surface area contributed by atoms with Gasteiger partial charge in [-0.3, -0.25) is 9.59 Å². The number of hydrogen-bond acceptors (Lipinski definition) is 4. The largest absolute Gasteiger partial charge is 0.337 e. The molecule has 15 heavy (non-hydrogen) atoms. The third-order valence-corrected chi connectivity index (χ3v) is 1.90. The van der Waals surface area contributed by atoms with Gasteiger partial charge in [0.05, 0.1) is 19.6 Å². The van der Waals surface area contributed by atoms with E-state index >= 15 is 0 Å². The van der Waals surface area contributed by atoms with Gasteiger partial charge in [0, 0.05) is 14.1 Å². The van der Waals surface area contributed by atoms with Gasteiger partial charge in [-0.1, -0.05) is 0 Å². The van der Waals surface area contributed by atoms with Gasteiger partial charge in [0.2, 0.25) is 11.8 Å². The van der Waals surface area contributed by atoms with Crippen molar-refractivity contribution in [3.63, 3.8) is 0 Å². The summed E-state index contributed by atoms with van der Waals surface area (Å²) in [6.45, 7) is 0.235. The lowest BCUT2D eigenvalue weighted by atomic mass is 10.4. The van der Waals surface area contributed by atoms with Gasteiger partial charge < -0.3 is 19.9 Å². The van der Waals surface area contributed by atoms with Gasteiger partial charge in [-0.25, -0.2) is 0 Å². The van der Waals surface area contributed by atoms with Gasteiger partial charge >= 0.3 is 0 Å². The van der Waals surface area contributed by atoms with Crippen LogP contribution < -0.4 is 5.32 Å². The molecule has 0 aromatic heterocycles. The van der Waals surface area contributed by atoms with Crippen molar-refractivity contribution < 1.29 is 14.4 Å². The van der Waals surface area contributed by atoms with E-state index in [-0.39, 0.29) is 31.4 Å². The van der Waals surface area contributed by atoms with Gasteiger partial charge in [-0.2, -0.15) is 0 Å². The van der Waals surface area contributed by atoms with Gasteiger partial charge in [0.25, 0.3) is 0 Å². The molecule has 0 spiro atoms. The number of likely N-dealkylation sites (N-methyl/N-ethyl adjacent to an activating group) is 3. The van der Waals surface area contributed by atoms with E-state index in [9.17, 15) is 14.4 Å². The first-order valence-corrected chi connectivity index (χ1v) is 4.59. The number of amides is 2. The molecule has 0 saturated carbocycles. The normalized spacial score (nSPS) is 9.53. The van der Waals surface area contributed by atoms with Crippen molar-refractivity contribution in [1.82, 2.24) is 15.1 Å². The summed E-state index contributed by atoms with van der Waals surface area (Å²) in [5.74, 6) is -0.417. The Balaban J connectivity index is 4.05. The summed E-state index contributed by atoms with van der Waals surface area (Å²) in [4.78, 5) is 35.4. The fourth-order valence-corrected chi connectivity index (χ4v) is 0.912. The molecule has 0 heterocycles. The quantitative estimate of drug-likeness (QED) is 0.537. The maximum absolute atomic E-state index is 11.4. The highest BCUT2D eigenvalue weighted by atomic mass is 16.2. The minimum atomic E-state index is -0.256. The van der Waals surface area contributed by atoms with Crippen LogP contribution >= 0.6 is 0 Å². The highest BCUT2D eigenvalue weighted by molar-refractivity contribution is 5.86. The molecule has 0 atom stereocenters. The minimum absolute atomic E-state index is 0.00907. The standard InChI is InChI=1S/C9H17N3O3/c1-10-6-8(14)12(3)7-9(15)11(2)4-5-13/h5,10H,4,6-7H2,1-3H3. The number of aldehydes is 1. The molecule has 0 saturated heterocycles. The van der Waals surface area contributed by atoms with Crippen molar-refractivity contribution in [3.8, 4) is 0 Å². The average molecular weight is 215 g/mol. The van der Waals surface area contributed by atoms with Crippen LogP contribution in [0.1, 0.15) is 0 Å². The first kappa shape index (κ1) is 13.6. The molecule has 0 bridgehead atoms. The SMILES string of the molecule is CNCC(=O)N(C)CC(=O)N(C)CC=O. The van der Waals surface area contributed by atoms with Crippen molar-refractivity contribution in [3.05, 3.63) is 0 Å². The summed E-state index contributed by atoms with van der Waals surface area (Å²) in [7, 11) is 4.73. The van der Waals surface area contributed by atoms with Crippen LogP contribution in [0.5, 0.6) is 0 Å². The van der Waals surface area contributed by atoms with Crippen molar-refractivity contribution in [2.75, 3.05) is 40.8 Å². The maximum Gasteiger partial charge on any atom is 0.242 e. The van der Waals surface area contributed by atoms with Crippen molar-refractivity contribution >= 4 is 18.1 Å². The number of nitrogens with zero attached hydrogens (tertiary/aromatic N) is 2. The number of rotatable bonds is 6. The van der Waals surface area contributed by atoms with Crippen LogP contribution in [-0.4, -0.2) is 68.7 Å². The summed E-state index contributed by atoms with van der Waals surface area (Å²) in [6.07, 6.45) is 0.646. The van der Waals surface area contributed by atoms with Gasteiger partial charge in [-0.05, 0) is 7.05 Å². The minimum Gasteiger partial charge on any atom is -0.337 e. The lowest BCUT2D eigenvalue weighted by Crippen LogP contribution is -2.42. The van der Waals surface area contributed by atoms with Crippen molar-refractivity contribution in [2.45, 2.75) is 0 Å². The third-order valence-electron chi connectivity index (χ3n) is 1.90. The molecule has 0 aliphatic rings. The van der Waals surface area contributed by atoms with E-state index in [1.807, 2.05) is 0 Å². The van der Waals surface area contributed by atoms with E-state index in [0.29, 0.717) is 6.29 Å². The molecule has 0 fully saturated rings. The summed E-state index contributed by atoms with van der Waals surface area (Å²) >= 11 is 0. The molecule has 6 nitrogen and oxygen atoms in total. The van der Waals surface area contributed by atoms with Crippen LogP contribution in [0.2, 0.25) is 0 Å². The van der Waals surface area contributed by atoms with E-state index < -0.39 is 0 Å². The zero-order chi connectivity index (χ0) is 11.8. The fourth-order valence-electron chi connectivity index (χ4n) is 0.912. The molecule has 2 amide bonds. The zero-order valence-electron chi connectivity index (χ0n) is 9.32. The van der Waals surface area contributed by atoms with Crippen LogP contribution in [0.4, 0.5) is 0 Å². The Morgan fingerprint density at radius 1 is 1.20 bits per heavy atom. The molecule has 86 valence electrons. The summed E-state index contributed by atoms with van der Waals surface area (Å²) in [6, 6.07) is 0. The van der Waals surface area contributed by atoms with Crippen LogP contribution in [-0.2, 0) is 14.4 Å². The fraction of sp³-hybridized carbons (Fsp3) is 0.667. The smallest absolute Gasteiger partial charge is 0.242 e. The van der Waals surface area contributed by atoms with Gasteiger partial charge in [0.15, 0.2) is 0 Å². The molecule has 0 rings (SSSR count). The summed E-state index contributed by atoms with van der Waals surface area (Å²) < 4.78 is 0. The Labute approximate surface area is 89.2 Å². The predicted octanol–water partition coefficient (Wildman–Crippen LogP) is -1.68. The summed E-state index contributed by atoms with van der Waals surface area (Å²) in [5, 5.41) is 2.70. The number of nitrogens with one attached hydrogen (secondary N) is 1. The average Bonchev–Trinajstić information content (AvgIpc) is 2.18. The first-order chi connectivity index (χ1) is 7.02. The lowest BCUT2D eigenvalue weighted by molar-refractivity contribution is -0.138. The molecule has 1 N–H and O–H groups in total. The second kappa shape index (κ2) is 6.94. The van der Waals surface area contributed by atoms with E-state index in [0.717, 1.165) is 0 Å². The Bertz CT molecular complexity index is 243. The van der Waals surface area contributed by atoms with E-state index in [1.165, 1.54) is 16.8 Å². The highest BCUT2D eigenvalue weighted by Gasteiger charge is 2.14. The van der Waals surface area contributed by atoms with Crippen molar-refractivity contribution in [1.29, 1.82) is 0 Å². The predicted molar refractivity (Wildman–Crippen MR) is 55.3 cm³/mol. The molecule has 0 aromatic carbocycles. The molecule has 0 aliphatic carbocycles. The topological polar surface area (TPSA) is 69.7 Å². The molecular formula is C9H17N3O3. The van der Waals surface area contributed by atoms with Crippen molar-refractivity contribution in [2.24, 2.45) is 0 Å². The zero-order valence-corrected chi connectivity index (χ0v) is 9.32. The maximum atomic E-state index is 11.4. The molecule has 0 unspecified atom stereocenters. The van der Waals surface area contributed by atoms with E-state index in [4.69, 9.17) is 0 Å². The molecule has 0 aromatic rings. The van der Waals surface area contributed by atoms with Gasteiger partial charge in [-0.15, -0.1) is 0 Å². The molecule has 6 heteroatoms. The van der Waals surface area contributed by atoms with Crippen LogP contribution in [0.3, 0.4) is 0 Å². The van der Waals surface area contributed by atoms with Crippen LogP contribution in [0, 0.1) is 0 Å². The Kier molecular flexibility index (Phi) is 6.28. The highest BCUT2D eigenvalue weighted by Crippen LogP contribution is 1.89. The third kappa shape index (κ3) is 5.11. The Morgan fingerprint density at radius 3 is 2.27 bits per heavy atom. The molecular weight excluding hydrogens is 198 g/mol. The monoisotopic (exact) mass is 215 g/mol. The van der Waals surface area contributed by atoms with E-state index in [2.05, 4.69) is 5.32 Å². The molecule has 0 aliphatic heterocycles. The Hall–Kier alpha value is -1.43. The number of carbonyl (C=O) groups is 3. The summed E-state index contributed by atoms with van der Waals surface area (Å²) in [5.41, 5.74) is 0. The second-order valence-corrected chi connectivity index (χ2v) is 3.22.